The van der Waals surface area contributed by atoms with E-state index in [0.29, 0.717) is 0 Å². The van der Waals surface area contributed by atoms with Crippen molar-refractivity contribution < 1.29 is 29.6 Å². The second-order valence-electron chi connectivity index (χ2n) is 2.31. The Morgan fingerprint density at radius 2 is 1.90 bits per heavy atom. The predicted octanol–water partition coefficient (Wildman–Crippen LogP) is -0.740. The molecule has 0 nitrogen and oxygen atoms in total. The zero-order valence-corrected chi connectivity index (χ0v) is 8.17. The van der Waals surface area contributed by atoms with Crippen molar-refractivity contribution in [2.24, 2.45) is 0 Å². The van der Waals surface area contributed by atoms with Gasteiger partial charge in [0.25, 0.3) is 0 Å². The molecule has 1 aliphatic carbocycles. The molecule has 0 heterocycles. The summed E-state index contributed by atoms with van der Waals surface area (Å²) in [7, 11) is 0. The van der Waals surface area contributed by atoms with Crippen LogP contribution in [0.5, 0.6) is 0 Å². The molecule has 0 bridgehead atoms. The molecule has 44 valence electrons. The van der Waals surface area contributed by atoms with Gasteiger partial charge in [-0.15, -0.1) is 0 Å². The average molecular weight is 139 g/mol. The summed E-state index contributed by atoms with van der Waals surface area (Å²) >= 11 is 0. The van der Waals surface area contributed by atoms with E-state index in [9.17, 15) is 0 Å². The summed E-state index contributed by atoms with van der Waals surface area (Å²) in [4.78, 5) is 0. The van der Waals surface area contributed by atoms with Crippen molar-refractivity contribution in [3.05, 3.63) is 41.5 Å². The van der Waals surface area contributed by atoms with Crippen molar-refractivity contribution in [2.45, 2.75) is 6.42 Å². The molecule has 0 fully saturated rings. The van der Waals surface area contributed by atoms with Crippen LogP contribution in [-0.2, 0) is 6.42 Å². The Morgan fingerprint density at radius 3 is 2.70 bits per heavy atom. The molecule has 0 saturated carbocycles. The van der Waals surface area contributed by atoms with Crippen LogP contribution in [0.15, 0.2) is 30.3 Å². The smallest absolute Gasteiger partial charge is 0.0795 e. The first kappa shape index (κ1) is 8.06. The normalized spacial score (nSPS) is 12.4. The van der Waals surface area contributed by atoms with Crippen molar-refractivity contribution in [3.63, 3.8) is 0 Å². The van der Waals surface area contributed by atoms with E-state index >= 15 is 0 Å². The van der Waals surface area contributed by atoms with Crippen LogP contribution in [0.3, 0.4) is 0 Å². The molecule has 0 amide bonds. The van der Waals surface area contributed by atoms with Gasteiger partial charge in [0.2, 0.25) is 0 Å². The number of benzene rings is 1. The first-order valence-electron chi connectivity index (χ1n) is 3.21. The van der Waals surface area contributed by atoms with Crippen LogP contribution in [0.1, 0.15) is 11.1 Å². The minimum Gasteiger partial charge on any atom is -0.0795 e. The molecule has 0 N–H and O–H groups in total. The number of hydrogen-bond donors (Lipinski definition) is 0. The van der Waals surface area contributed by atoms with E-state index in [2.05, 4.69) is 36.4 Å². The van der Waals surface area contributed by atoms with Crippen molar-refractivity contribution >= 4 is 6.08 Å². The van der Waals surface area contributed by atoms with E-state index in [1.807, 2.05) is 0 Å². The molecule has 0 spiro atoms. The monoisotopic (exact) mass is 139 g/mol. The summed E-state index contributed by atoms with van der Waals surface area (Å²) in [6, 6.07) is 8.49. The fourth-order valence-electron chi connectivity index (χ4n) is 1.20. The Balaban J connectivity index is 0.000000500. The SMILES string of the molecule is C1=Cc2ccccc2C1.[Na+]. The van der Waals surface area contributed by atoms with Gasteiger partial charge >= 0.3 is 29.6 Å². The van der Waals surface area contributed by atoms with Crippen LogP contribution in [-0.4, -0.2) is 0 Å². The number of allylic oxidation sites excluding steroid dienone is 1. The van der Waals surface area contributed by atoms with E-state index < -0.39 is 0 Å². The van der Waals surface area contributed by atoms with Gasteiger partial charge in [-0.1, -0.05) is 36.4 Å². The fraction of sp³-hybridized carbons (Fsp3) is 0.111. The van der Waals surface area contributed by atoms with Crippen molar-refractivity contribution in [3.8, 4) is 0 Å². The zero-order valence-electron chi connectivity index (χ0n) is 6.17. The molecule has 2 rings (SSSR count). The minimum atomic E-state index is 0. The molecule has 0 atom stereocenters. The second-order valence-corrected chi connectivity index (χ2v) is 2.31. The van der Waals surface area contributed by atoms with Crippen LogP contribution >= 0.6 is 0 Å². The molecule has 1 aromatic rings. The third-order valence-corrected chi connectivity index (χ3v) is 1.69. The van der Waals surface area contributed by atoms with Crippen molar-refractivity contribution in [1.82, 2.24) is 0 Å². The van der Waals surface area contributed by atoms with E-state index in [1.165, 1.54) is 11.1 Å². The van der Waals surface area contributed by atoms with E-state index in [-0.39, 0.29) is 29.6 Å². The number of hydrogen-bond acceptors (Lipinski definition) is 0. The van der Waals surface area contributed by atoms with Gasteiger partial charge in [0.1, 0.15) is 0 Å². The molecule has 0 aliphatic heterocycles. The molecule has 1 heteroatoms. The van der Waals surface area contributed by atoms with Crippen LogP contribution in [0, 0.1) is 0 Å². The van der Waals surface area contributed by atoms with Gasteiger partial charge in [0.15, 0.2) is 0 Å². The van der Waals surface area contributed by atoms with Gasteiger partial charge in [-0.2, -0.15) is 0 Å². The van der Waals surface area contributed by atoms with Crippen molar-refractivity contribution in [1.29, 1.82) is 0 Å². The minimum absolute atomic E-state index is 0. The molecule has 0 aromatic heterocycles. The summed E-state index contributed by atoms with van der Waals surface area (Å²) in [6.07, 6.45) is 5.50. The third-order valence-electron chi connectivity index (χ3n) is 1.69. The molecule has 1 aliphatic rings. The summed E-state index contributed by atoms with van der Waals surface area (Å²) in [5.74, 6) is 0. The molecule has 0 saturated heterocycles. The van der Waals surface area contributed by atoms with Gasteiger partial charge in [-0.05, 0) is 17.5 Å². The molecule has 0 radical (unpaired) electrons. The van der Waals surface area contributed by atoms with Crippen LogP contribution in [0.2, 0.25) is 0 Å². The average Bonchev–Trinajstić information content (AvgIpc) is 2.33. The Hall–Kier alpha value is -0.0400. The summed E-state index contributed by atoms with van der Waals surface area (Å²) in [5, 5.41) is 0. The van der Waals surface area contributed by atoms with Gasteiger partial charge in [0.05, 0.1) is 0 Å². The molecule has 0 unspecified atom stereocenters. The number of rotatable bonds is 0. The molecular weight excluding hydrogens is 131 g/mol. The quantitative estimate of drug-likeness (QED) is 0.415. The second kappa shape index (κ2) is 3.38. The standard InChI is InChI=1S/C9H8.Na/c1-2-5-9-7-3-6-8(9)4-1;/h1-6H,7H2;/q;+1. The van der Waals surface area contributed by atoms with E-state index in [0.717, 1.165) is 6.42 Å². The van der Waals surface area contributed by atoms with Crippen molar-refractivity contribution in [2.75, 3.05) is 0 Å². The van der Waals surface area contributed by atoms with Gasteiger partial charge in [0, 0.05) is 0 Å². The van der Waals surface area contributed by atoms with Gasteiger partial charge < -0.3 is 0 Å². The van der Waals surface area contributed by atoms with Crippen LogP contribution in [0.4, 0.5) is 0 Å². The summed E-state index contributed by atoms with van der Waals surface area (Å²) in [6.45, 7) is 0. The Morgan fingerprint density at radius 1 is 1.10 bits per heavy atom. The first-order valence-corrected chi connectivity index (χ1v) is 3.21. The zero-order chi connectivity index (χ0) is 6.10. The summed E-state index contributed by atoms with van der Waals surface area (Å²) < 4.78 is 0. The number of fused-ring (bicyclic) bond motifs is 1. The Labute approximate surface area is 83.2 Å². The maximum Gasteiger partial charge on any atom is 1.00 e. The molecule has 10 heavy (non-hydrogen) atoms. The van der Waals surface area contributed by atoms with E-state index in [1.54, 1.807) is 0 Å². The van der Waals surface area contributed by atoms with Gasteiger partial charge in [-0.25, -0.2) is 0 Å². The van der Waals surface area contributed by atoms with E-state index in [4.69, 9.17) is 0 Å². The maximum atomic E-state index is 2.20. The summed E-state index contributed by atoms with van der Waals surface area (Å²) in [5.41, 5.74) is 2.84. The fourth-order valence-corrected chi connectivity index (χ4v) is 1.20. The molecule has 1 aromatic carbocycles. The van der Waals surface area contributed by atoms with Gasteiger partial charge in [-0.3, -0.25) is 0 Å². The predicted molar refractivity (Wildman–Crippen MR) is 39.2 cm³/mol. The largest absolute Gasteiger partial charge is 1.00 e. The first-order chi connectivity index (χ1) is 4.47. The van der Waals surface area contributed by atoms with Crippen LogP contribution < -0.4 is 29.6 Å². The van der Waals surface area contributed by atoms with Crippen LogP contribution in [0.25, 0.3) is 6.08 Å². The Kier molecular flexibility index (Phi) is 2.72. The third kappa shape index (κ3) is 1.34. The Bertz CT molecular complexity index is 251. The molecular formula is C9H8Na+. The maximum absolute atomic E-state index is 2.20. The topological polar surface area (TPSA) is 0 Å².